The number of esters is 1. The maximum atomic E-state index is 12.5. The van der Waals surface area contributed by atoms with Crippen LogP contribution < -0.4 is 0 Å². The average Bonchev–Trinajstić information content (AvgIpc) is 2.49. The smallest absolute Gasteiger partial charge is 0.319 e. The largest absolute Gasteiger partial charge is 0.465 e. The van der Waals surface area contributed by atoms with Crippen LogP contribution in [-0.2, 0) is 20.9 Å². The minimum atomic E-state index is -0.927. The van der Waals surface area contributed by atoms with Gasteiger partial charge in [-0.05, 0) is 25.3 Å². The van der Waals surface area contributed by atoms with Gasteiger partial charge in [0.05, 0.1) is 13.2 Å². The van der Waals surface area contributed by atoms with Gasteiger partial charge in [-0.2, -0.15) is 0 Å². The Kier molecular flexibility index (Phi) is 5.12. The lowest BCUT2D eigenvalue weighted by Gasteiger charge is -2.37. The molecule has 1 saturated heterocycles. The molecule has 114 valence electrons. The van der Waals surface area contributed by atoms with Gasteiger partial charge in [-0.3, -0.25) is 14.5 Å². The Morgan fingerprint density at radius 2 is 2.00 bits per heavy atom. The van der Waals surface area contributed by atoms with Crippen molar-refractivity contribution < 1.29 is 14.3 Å². The van der Waals surface area contributed by atoms with Crippen LogP contribution in [0.4, 0.5) is 0 Å². The third-order valence-electron chi connectivity index (χ3n) is 4.27. The predicted molar refractivity (Wildman–Crippen MR) is 80.7 cm³/mol. The summed E-state index contributed by atoms with van der Waals surface area (Å²) in [6.45, 7) is 5.80. The standard InChI is InChI=1S/C17H23NO3/c1-3-17(16(20)21-4-2)10-11-18(13-15(17)19)12-14-8-6-5-7-9-14/h5-9H,3-4,10-13H2,1-2H3. The van der Waals surface area contributed by atoms with Crippen LogP contribution in [0.1, 0.15) is 32.3 Å². The van der Waals surface area contributed by atoms with Crippen LogP contribution in [0.2, 0.25) is 0 Å². The summed E-state index contributed by atoms with van der Waals surface area (Å²) >= 11 is 0. The molecule has 0 radical (unpaired) electrons. The first-order valence-electron chi connectivity index (χ1n) is 7.59. The lowest BCUT2D eigenvalue weighted by Crippen LogP contribution is -2.52. The maximum absolute atomic E-state index is 12.5. The van der Waals surface area contributed by atoms with Gasteiger partial charge in [-0.15, -0.1) is 0 Å². The number of carbonyl (C=O) groups is 2. The van der Waals surface area contributed by atoms with Crippen molar-refractivity contribution in [1.29, 1.82) is 0 Å². The molecule has 0 aromatic heterocycles. The van der Waals surface area contributed by atoms with E-state index < -0.39 is 5.41 Å². The molecule has 0 aliphatic carbocycles. The summed E-state index contributed by atoms with van der Waals surface area (Å²) in [6, 6.07) is 10.1. The van der Waals surface area contributed by atoms with Crippen LogP contribution in [0.25, 0.3) is 0 Å². The van der Waals surface area contributed by atoms with Gasteiger partial charge >= 0.3 is 5.97 Å². The number of hydrogen-bond donors (Lipinski definition) is 0. The summed E-state index contributed by atoms with van der Waals surface area (Å²) in [7, 11) is 0. The van der Waals surface area contributed by atoms with E-state index in [2.05, 4.69) is 17.0 Å². The van der Waals surface area contributed by atoms with E-state index in [0.29, 0.717) is 26.0 Å². The van der Waals surface area contributed by atoms with Crippen molar-refractivity contribution in [2.24, 2.45) is 5.41 Å². The van der Waals surface area contributed by atoms with Gasteiger partial charge in [0.2, 0.25) is 0 Å². The SMILES string of the molecule is CCOC(=O)C1(CC)CCN(Cc2ccccc2)CC1=O. The zero-order chi connectivity index (χ0) is 15.3. The molecule has 1 unspecified atom stereocenters. The highest BCUT2D eigenvalue weighted by atomic mass is 16.5. The van der Waals surface area contributed by atoms with Gasteiger partial charge in [0.15, 0.2) is 5.78 Å². The van der Waals surface area contributed by atoms with Gasteiger partial charge in [0, 0.05) is 13.1 Å². The monoisotopic (exact) mass is 289 g/mol. The average molecular weight is 289 g/mol. The molecule has 1 aromatic carbocycles. The van der Waals surface area contributed by atoms with Gasteiger partial charge in [0.25, 0.3) is 0 Å². The Bertz CT molecular complexity index is 500. The van der Waals surface area contributed by atoms with Crippen molar-refractivity contribution in [3.8, 4) is 0 Å². The topological polar surface area (TPSA) is 46.6 Å². The highest BCUT2D eigenvalue weighted by molar-refractivity contribution is 6.05. The van der Waals surface area contributed by atoms with Crippen LogP contribution in [0.3, 0.4) is 0 Å². The molecule has 1 heterocycles. The van der Waals surface area contributed by atoms with Gasteiger partial charge in [0.1, 0.15) is 5.41 Å². The molecule has 4 nitrogen and oxygen atoms in total. The number of carbonyl (C=O) groups excluding carboxylic acids is 2. The quantitative estimate of drug-likeness (QED) is 0.617. The maximum Gasteiger partial charge on any atom is 0.319 e. The van der Waals surface area contributed by atoms with Crippen molar-refractivity contribution in [3.05, 3.63) is 35.9 Å². The third-order valence-corrected chi connectivity index (χ3v) is 4.27. The minimum Gasteiger partial charge on any atom is -0.465 e. The van der Waals surface area contributed by atoms with E-state index in [-0.39, 0.29) is 11.8 Å². The predicted octanol–water partition coefficient (Wildman–Crippen LogP) is 2.42. The second-order valence-electron chi connectivity index (χ2n) is 5.53. The summed E-state index contributed by atoms with van der Waals surface area (Å²) in [5, 5.41) is 0. The molecule has 0 amide bonds. The van der Waals surface area contributed by atoms with E-state index in [4.69, 9.17) is 4.74 Å². The lowest BCUT2D eigenvalue weighted by molar-refractivity contribution is -0.164. The molecule has 0 spiro atoms. The molecular formula is C17H23NO3. The first-order valence-corrected chi connectivity index (χ1v) is 7.59. The van der Waals surface area contributed by atoms with Crippen LogP contribution in [0, 0.1) is 5.41 Å². The van der Waals surface area contributed by atoms with Crippen molar-refractivity contribution in [3.63, 3.8) is 0 Å². The van der Waals surface area contributed by atoms with Crippen molar-refractivity contribution in [2.45, 2.75) is 33.2 Å². The minimum absolute atomic E-state index is 0.00867. The number of Topliss-reactive ketones (excluding diaryl/α,β-unsaturated/α-hetero) is 1. The fraction of sp³-hybridized carbons (Fsp3) is 0.529. The second kappa shape index (κ2) is 6.85. The summed E-state index contributed by atoms with van der Waals surface area (Å²) in [5.41, 5.74) is 0.258. The van der Waals surface area contributed by atoms with E-state index in [9.17, 15) is 9.59 Å². The van der Waals surface area contributed by atoms with E-state index in [1.54, 1.807) is 6.92 Å². The van der Waals surface area contributed by atoms with Gasteiger partial charge in [-0.1, -0.05) is 37.3 Å². The number of likely N-dealkylation sites (tertiary alicyclic amines) is 1. The first-order chi connectivity index (χ1) is 10.1. The zero-order valence-corrected chi connectivity index (χ0v) is 12.8. The number of ketones is 1. The van der Waals surface area contributed by atoms with E-state index in [1.165, 1.54) is 5.56 Å². The summed E-state index contributed by atoms with van der Waals surface area (Å²) < 4.78 is 5.12. The third kappa shape index (κ3) is 3.32. The molecule has 1 atom stereocenters. The molecule has 1 aliphatic heterocycles. The number of hydrogen-bond acceptors (Lipinski definition) is 4. The molecule has 2 rings (SSSR count). The fourth-order valence-electron chi connectivity index (χ4n) is 2.90. The Balaban J connectivity index is 2.04. The summed E-state index contributed by atoms with van der Waals surface area (Å²) in [4.78, 5) is 26.8. The Labute approximate surface area is 126 Å². The molecule has 0 saturated carbocycles. The highest BCUT2D eigenvalue weighted by Crippen LogP contribution is 2.34. The van der Waals surface area contributed by atoms with Gasteiger partial charge in [-0.25, -0.2) is 0 Å². The number of piperidine rings is 1. The van der Waals surface area contributed by atoms with E-state index in [0.717, 1.165) is 13.1 Å². The lowest BCUT2D eigenvalue weighted by atomic mass is 9.75. The zero-order valence-electron chi connectivity index (χ0n) is 12.8. The molecule has 21 heavy (non-hydrogen) atoms. The molecule has 1 aliphatic rings. The van der Waals surface area contributed by atoms with Crippen molar-refractivity contribution in [2.75, 3.05) is 19.7 Å². The number of nitrogens with zero attached hydrogens (tertiary/aromatic N) is 1. The fourth-order valence-corrected chi connectivity index (χ4v) is 2.90. The van der Waals surface area contributed by atoms with Gasteiger partial charge < -0.3 is 4.74 Å². The molecule has 1 fully saturated rings. The van der Waals surface area contributed by atoms with Crippen LogP contribution in [0.15, 0.2) is 30.3 Å². The highest BCUT2D eigenvalue weighted by Gasteiger charge is 2.48. The Hall–Kier alpha value is -1.68. The molecule has 4 heteroatoms. The van der Waals surface area contributed by atoms with Crippen LogP contribution in [-0.4, -0.2) is 36.3 Å². The number of benzene rings is 1. The van der Waals surface area contributed by atoms with E-state index in [1.807, 2.05) is 25.1 Å². The summed E-state index contributed by atoms with van der Waals surface area (Å²) in [5.74, 6) is -0.359. The van der Waals surface area contributed by atoms with Crippen molar-refractivity contribution >= 4 is 11.8 Å². The van der Waals surface area contributed by atoms with E-state index >= 15 is 0 Å². The summed E-state index contributed by atoms with van der Waals surface area (Å²) in [6.07, 6.45) is 1.07. The molecule has 1 aromatic rings. The van der Waals surface area contributed by atoms with Crippen molar-refractivity contribution in [1.82, 2.24) is 4.90 Å². The molecule has 0 N–H and O–H groups in total. The second-order valence-corrected chi connectivity index (χ2v) is 5.53. The Morgan fingerprint density at radius 3 is 2.57 bits per heavy atom. The molecule has 0 bridgehead atoms. The number of rotatable bonds is 5. The van der Waals surface area contributed by atoms with Crippen LogP contribution >= 0.6 is 0 Å². The Morgan fingerprint density at radius 1 is 1.29 bits per heavy atom. The number of ether oxygens (including phenoxy) is 1. The molecular weight excluding hydrogens is 266 g/mol. The first kappa shape index (κ1) is 15.7. The van der Waals surface area contributed by atoms with Crippen LogP contribution in [0.5, 0.6) is 0 Å². The normalized spacial score (nSPS) is 23.0.